The molecule has 2 aromatic carbocycles. The lowest BCUT2D eigenvalue weighted by molar-refractivity contribution is -0.143. The highest BCUT2D eigenvalue weighted by molar-refractivity contribution is 9.10. The molecule has 4 N–H and O–H groups in total. The maximum Gasteiger partial charge on any atom is 0.408 e. The normalized spacial score (nSPS) is 28.1. The van der Waals surface area contributed by atoms with E-state index >= 15 is 0 Å². The fraction of sp³-hybridized carbons (Fsp3) is 0.486. The largest absolute Gasteiger partial charge is 0.480 e. The number of aliphatic hydroxyl groups excluding tert-OH is 1. The number of hydrogen-bond acceptors (Lipinski definition) is 8. The van der Waals surface area contributed by atoms with Crippen LogP contribution in [-0.4, -0.2) is 84.1 Å². The number of carboxylic acid groups (broad SMARTS) is 1. The summed E-state index contributed by atoms with van der Waals surface area (Å²) in [5, 5.41) is 37.7. The molecule has 1 aromatic heterocycles. The number of benzene rings is 2. The van der Waals surface area contributed by atoms with Crippen molar-refractivity contribution in [3.63, 3.8) is 0 Å². The number of aliphatic carboxylic acids is 1. The molecule has 1 saturated carbocycles. The Balaban J connectivity index is 1.36. The minimum atomic E-state index is -1.37. The van der Waals surface area contributed by atoms with E-state index in [9.17, 15) is 24.6 Å². The number of amides is 2. The second-order valence-electron chi connectivity index (χ2n) is 14.5. The number of alkyl carbamates (subject to hydrolysis) is 1. The molecule has 6 atom stereocenters. The summed E-state index contributed by atoms with van der Waals surface area (Å²) in [5.41, 5.74) is 0.976. The molecule has 1 unspecified atom stereocenters. The number of carbonyl (C=O) groups is 3. The molecular weight excluding hydrogens is 704 g/mol. The van der Waals surface area contributed by atoms with E-state index in [1.54, 1.807) is 30.5 Å². The Labute approximate surface area is 300 Å². The lowest BCUT2D eigenvalue weighted by Gasteiger charge is -2.33. The van der Waals surface area contributed by atoms with Gasteiger partial charge in [0.25, 0.3) is 0 Å². The molecule has 6 rings (SSSR count). The third-order valence-electron chi connectivity index (χ3n) is 9.61. The van der Waals surface area contributed by atoms with Crippen molar-refractivity contribution in [1.82, 2.24) is 30.5 Å². The smallest absolute Gasteiger partial charge is 0.408 e. The van der Waals surface area contributed by atoms with Crippen LogP contribution in [0.3, 0.4) is 0 Å². The van der Waals surface area contributed by atoms with Crippen LogP contribution in [0.4, 0.5) is 4.79 Å². The lowest BCUT2D eigenvalue weighted by Crippen LogP contribution is -2.58. The molecule has 50 heavy (non-hydrogen) atoms. The van der Waals surface area contributed by atoms with E-state index in [1.165, 1.54) is 0 Å². The summed E-state index contributed by atoms with van der Waals surface area (Å²) >= 11 is 3.50. The van der Waals surface area contributed by atoms with E-state index in [-0.39, 0.29) is 24.8 Å². The van der Waals surface area contributed by atoms with Gasteiger partial charge in [-0.05, 0) is 65.0 Å². The second-order valence-corrected chi connectivity index (χ2v) is 15.4. The number of nitrogens with zero attached hydrogens (tertiary/aromatic N) is 4. The average Bonchev–Trinajstić information content (AvgIpc) is 3.38. The summed E-state index contributed by atoms with van der Waals surface area (Å²) < 4.78 is 6.45. The van der Waals surface area contributed by atoms with Crippen LogP contribution in [-0.2, 0) is 14.3 Å². The number of hydrogen-bond donors (Lipinski definition) is 4. The van der Waals surface area contributed by atoms with Crippen molar-refractivity contribution in [1.29, 1.82) is 0 Å². The minimum absolute atomic E-state index is 0.140. The van der Waals surface area contributed by atoms with Gasteiger partial charge in [-0.1, -0.05) is 83.4 Å². The summed E-state index contributed by atoms with van der Waals surface area (Å²) in [6.45, 7) is 5.41. The molecule has 2 aliphatic heterocycles. The van der Waals surface area contributed by atoms with E-state index in [0.29, 0.717) is 30.7 Å². The van der Waals surface area contributed by atoms with Crippen LogP contribution in [0.15, 0.2) is 71.2 Å². The first-order chi connectivity index (χ1) is 23.8. The predicted molar refractivity (Wildman–Crippen MR) is 191 cm³/mol. The summed E-state index contributed by atoms with van der Waals surface area (Å²) in [5.74, 6) is -1.71. The number of aromatic nitrogens is 3. The quantitative estimate of drug-likeness (QED) is 0.241. The number of halogens is 1. The summed E-state index contributed by atoms with van der Waals surface area (Å²) in [4.78, 5) is 43.1. The Morgan fingerprint density at radius 3 is 2.36 bits per heavy atom. The number of allylic oxidation sites excluding steroid dienone is 1. The van der Waals surface area contributed by atoms with E-state index in [4.69, 9.17) is 14.9 Å². The zero-order valence-corrected chi connectivity index (χ0v) is 30.2. The highest BCUT2D eigenvalue weighted by Crippen LogP contribution is 2.46. The zero-order chi connectivity index (χ0) is 35.6. The molecule has 13 heteroatoms. The maximum absolute atomic E-state index is 14.5. The molecule has 3 heterocycles. The number of nitrogens with one attached hydrogen (secondary N) is 2. The van der Waals surface area contributed by atoms with E-state index in [2.05, 4.69) is 26.6 Å². The minimum Gasteiger partial charge on any atom is -0.480 e. The topological polar surface area (TPSA) is 159 Å². The SMILES string of the molecule is CC(C)(C)OC(=O)N[C@@H]1CCCCC/C=C\[C@@H]2C[C@]2(C(=O)O)N[C@@H](O)[C@@H]2CC(n3nc(-c4ccccc4)c(-c4ccc(Br)cc4)n3)CN2C1=O. The lowest BCUT2D eigenvalue weighted by atomic mass is 10.0. The molecular formula is C37H45BrN6O6. The molecule has 0 bridgehead atoms. The summed E-state index contributed by atoms with van der Waals surface area (Å²) in [7, 11) is 0. The first-order valence-electron chi connectivity index (χ1n) is 17.3. The van der Waals surface area contributed by atoms with Gasteiger partial charge in [0.1, 0.15) is 34.8 Å². The summed E-state index contributed by atoms with van der Waals surface area (Å²) in [6.07, 6.45) is 5.94. The van der Waals surface area contributed by atoms with Crippen molar-refractivity contribution in [2.24, 2.45) is 5.92 Å². The molecule has 3 aliphatic rings. The van der Waals surface area contributed by atoms with Crippen LogP contribution in [0.1, 0.15) is 71.8 Å². The first-order valence-corrected chi connectivity index (χ1v) is 18.1. The van der Waals surface area contributed by atoms with Crippen molar-refractivity contribution in [2.75, 3.05) is 6.54 Å². The van der Waals surface area contributed by atoms with Gasteiger partial charge >= 0.3 is 12.1 Å². The Hall–Kier alpha value is -4.07. The predicted octanol–water partition coefficient (Wildman–Crippen LogP) is 5.68. The van der Waals surface area contributed by atoms with Gasteiger partial charge in [0, 0.05) is 28.1 Å². The van der Waals surface area contributed by atoms with Crippen molar-refractivity contribution >= 4 is 33.9 Å². The van der Waals surface area contributed by atoms with Gasteiger partial charge in [0.15, 0.2) is 0 Å². The molecule has 266 valence electrons. The maximum atomic E-state index is 14.5. The third kappa shape index (κ3) is 7.95. The number of ether oxygens (including phenoxy) is 1. The third-order valence-corrected chi connectivity index (χ3v) is 10.1. The van der Waals surface area contributed by atoms with Crippen molar-refractivity contribution in [3.8, 4) is 22.5 Å². The van der Waals surface area contributed by atoms with Crippen LogP contribution in [0.2, 0.25) is 0 Å². The Morgan fingerprint density at radius 1 is 1.02 bits per heavy atom. The Morgan fingerprint density at radius 2 is 1.70 bits per heavy atom. The highest BCUT2D eigenvalue weighted by atomic mass is 79.9. The van der Waals surface area contributed by atoms with Gasteiger partial charge in [-0.15, -0.1) is 0 Å². The number of rotatable bonds is 5. The fourth-order valence-electron chi connectivity index (χ4n) is 6.95. The molecule has 3 aromatic rings. The number of carboxylic acids is 1. The zero-order valence-electron chi connectivity index (χ0n) is 28.6. The Kier molecular flexibility index (Phi) is 10.5. The van der Waals surface area contributed by atoms with Crippen LogP contribution in [0.25, 0.3) is 22.5 Å². The van der Waals surface area contributed by atoms with Gasteiger partial charge in [0.2, 0.25) is 5.91 Å². The number of aliphatic hydroxyl groups is 1. The molecule has 1 aliphatic carbocycles. The fourth-order valence-corrected chi connectivity index (χ4v) is 7.21. The van der Waals surface area contributed by atoms with Gasteiger partial charge in [0.05, 0.1) is 12.1 Å². The molecule has 2 fully saturated rings. The van der Waals surface area contributed by atoms with Gasteiger partial charge in [-0.25, -0.2) is 4.79 Å². The molecule has 0 radical (unpaired) electrons. The van der Waals surface area contributed by atoms with Crippen LogP contribution in [0, 0.1) is 5.92 Å². The summed E-state index contributed by atoms with van der Waals surface area (Å²) in [6, 6.07) is 15.3. The van der Waals surface area contributed by atoms with Gasteiger partial charge in [-0.3, -0.25) is 14.9 Å². The Bertz CT molecular complexity index is 1720. The van der Waals surface area contributed by atoms with E-state index < -0.39 is 47.6 Å². The van der Waals surface area contributed by atoms with Crippen molar-refractivity contribution < 1.29 is 29.3 Å². The van der Waals surface area contributed by atoms with E-state index in [1.807, 2.05) is 66.7 Å². The first kappa shape index (κ1) is 35.7. The standard InChI is InChI=1S/C37H45BrN6O6/c1-36(2,3)50-35(49)39-28-15-11-6-4-5-10-14-25-21-37(25,34(47)48)40-32(45)29-20-27(22-43(29)33(28)46)44-41-30(23-12-8-7-9-13-23)31(42-44)24-16-18-26(38)19-17-24/h7-10,12-14,16-19,25,27-29,32,40,45H,4-6,11,15,20-22H2,1-3H3,(H,39,49)(H,47,48)/b14-10-/t25-,27?,28-,29+,32+,37+/m1/s1. The number of fused-ring (bicyclic) bond motifs is 2. The molecule has 1 saturated heterocycles. The molecule has 12 nitrogen and oxygen atoms in total. The second kappa shape index (κ2) is 14.7. The molecule has 2 amide bonds. The van der Waals surface area contributed by atoms with Gasteiger partial charge in [-0.2, -0.15) is 15.0 Å². The average molecular weight is 750 g/mol. The van der Waals surface area contributed by atoms with Crippen molar-refractivity contribution in [2.45, 2.75) is 101 Å². The van der Waals surface area contributed by atoms with Crippen molar-refractivity contribution in [3.05, 3.63) is 71.2 Å². The van der Waals surface area contributed by atoms with E-state index in [0.717, 1.165) is 34.9 Å². The highest BCUT2D eigenvalue weighted by Gasteiger charge is 2.61. The van der Waals surface area contributed by atoms with Gasteiger partial charge < -0.3 is 25.2 Å². The molecule has 0 spiro atoms. The van der Waals surface area contributed by atoms with Crippen LogP contribution in [0.5, 0.6) is 0 Å². The van der Waals surface area contributed by atoms with Crippen LogP contribution >= 0.6 is 15.9 Å². The monoisotopic (exact) mass is 748 g/mol. The van der Waals surface area contributed by atoms with Crippen LogP contribution < -0.4 is 10.6 Å². The number of carbonyl (C=O) groups excluding carboxylic acids is 2.